The Bertz CT molecular complexity index is 987. The molecule has 1 aliphatic rings. The molecule has 2 aromatic rings. The van der Waals surface area contributed by atoms with E-state index in [-0.39, 0.29) is 22.7 Å². The van der Waals surface area contributed by atoms with E-state index in [1.807, 2.05) is 35.2 Å². The third-order valence-corrected chi connectivity index (χ3v) is 7.02. The van der Waals surface area contributed by atoms with Crippen molar-refractivity contribution < 1.29 is 4.79 Å². The summed E-state index contributed by atoms with van der Waals surface area (Å²) in [7, 11) is 0. The molecular formula is C30H40ClNO. The highest BCUT2D eigenvalue weighted by atomic mass is 35.5. The lowest BCUT2D eigenvalue weighted by atomic mass is 9.80. The fraction of sp³-hybridized carbons (Fsp3) is 0.500. The predicted molar refractivity (Wildman–Crippen MR) is 143 cm³/mol. The SMILES string of the molecule is CC(C)(C)c1ccc(C(C)(C)C)c(N(C/C=C/c2ccccc2Cl)C(=O)C2CCCCC2)c1. The first kappa shape index (κ1) is 25.6. The van der Waals surface area contributed by atoms with E-state index in [1.165, 1.54) is 17.5 Å². The lowest BCUT2D eigenvalue weighted by molar-refractivity contribution is -0.123. The number of nitrogens with zero attached hydrogens (tertiary/aromatic N) is 1. The maximum Gasteiger partial charge on any atom is 0.230 e. The van der Waals surface area contributed by atoms with E-state index in [0.29, 0.717) is 6.54 Å². The van der Waals surface area contributed by atoms with Crippen molar-refractivity contribution in [1.82, 2.24) is 0 Å². The summed E-state index contributed by atoms with van der Waals surface area (Å²) < 4.78 is 0. The van der Waals surface area contributed by atoms with Crippen molar-refractivity contribution in [2.24, 2.45) is 5.92 Å². The molecule has 2 nitrogen and oxygen atoms in total. The molecular weight excluding hydrogens is 426 g/mol. The van der Waals surface area contributed by atoms with E-state index < -0.39 is 0 Å². The monoisotopic (exact) mass is 465 g/mol. The van der Waals surface area contributed by atoms with Crippen molar-refractivity contribution in [2.45, 2.75) is 84.5 Å². The topological polar surface area (TPSA) is 20.3 Å². The summed E-state index contributed by atoms with van der Waals surface area (Å²) in [5.41, 5.74) is 4.44. The molecule has 178 valence electrons. The van der Waals surface area contributed by atoms with Crippen LogP contribution in [0.25, 0.3) is 6.08 Å². The molecule has 0 aliphatic heterocycles. The first-order valence-electron chi connectivity index (χ1n) is 12.4. The summed E-state index contributed by atoms with van der Waals surface area (Å²) in [4.78, 5) is 16.0. The zero-order valence-electron chi connectivity index (χ0n) is 21.2. The maximum atomic E-state index is 13.9. The number of carbonyl (C=O) groups excluding carboxylic acids is 1. The molecule has 0 radical (unpaired) electrons. The molecule has 0 aromatic heterocycles. The Morgan fingerprint density at radius 1 is 0.970 bits per heavy atom. The van der Waals surface area contributed by atoms with Gasteiger partial charge in [-0.1, -0.05) is 115 Å². The number of hydrogen-bond donors (Lipinski definition) is 0. The molecule has 1 saturated carbocycles. The highest BCUT2D eigenvalue weighted by Gasteiger charge is 2.31. The highest BCUT2D eigenvalue weighted by molar-refractivity contribution is 6.32. The van der Waals surface area contributed by atoms with Crippen LogP contribution >= 0.6 is 11.6 Å². The van der Waals surface area contributed by atoms with Crippen LogP contribution in [0.3, 0.4) is 0 Å². The molecule has 3 rings (SSSR count). The van der Waals surface area contributed by atoms with Crippen LogP contribution in [0.4, 0.5) is 5.69 Å². The van der Waals surface area contributed by atoms with E-state index >= 15 is 0 Å². The minimum atomic E-state index is -0.0662. The Kier molecular flexibility index (Phi) is 8.11. The van der Waals surface area contributed by atoms with Crippen molar-refractivity contribution in [1.29, 1.82) is 0 Å². The van der Waals surface area contributed by atoms with Crippen LogP contribution < -0.4 is 4.90 Å². The Morgan fingerprint density at radius 2 is 1.64 bits per heavy atom. The van der Waals surface area contributed by atoms with Gasteiger partial charge in [-0.05, 0) is 52.5 Å². The minimum Gasteiger partial charge on any atom is -0.308 e. The average Bonchev–Trinajstić information content (AvgIpc) is 2.76. The molecule has 1 fully saturated rings. The van der Waals surface area contributed by atoms with Crippen molar-refractivity contribution in [3.63, 3.8) is 0 Å². The van der Waals surface area contributed by atoms with Gasteiger partial charge in [-0.15, -0.1) is 0 Å². The van der Waals surface area contributed by atoms with E-state index in [1.54, 1.807) is 0 Å². The van der Waals surface area contributed by atoms with Gasteiger partial charge in [0.2, 0.25) is 5.91 Å². The van der Waals surface area contributed by atoms with Crippen LogP contribution in [0.15, 0.2) is 48.5 Å². The Labute approximate surface area is 206 Å². The predicted octanol–water partition coefficient (Wildman–Crippen LogP) is 8.56. The van der Waals surface area contributed by atoms with Crippen molar-refractivity contribution in [3.05, 3.63) is 70.3 Å². The largest absolute Gasteiger partial charge is 0.308 e. The quantitative estimate of drug-likeness (QED) is 0.433. The molecule has 0 spiro atoms. The van der Waals surface area contributed by atoms with Gasteiger partial charge in [-0.3, -0.25) is 4.79 Å². The Hall–Kier alpha value is -2.06. The summed E-state index contributed by atoms with van der Waals surface area (Å²) in [5.74, 6) is 0.369. The molecule has 1 amide bonds. The van der Waals surface area contributed by atoms with Gasteiger partial charge in [-0.25, -0.2) is 0 Å². The van der Waals surface area contributed by atoms with Crippen LogP contribution in [0.2, 0.25) is 5.02 Å². The lowest BCUT2D eigenvalue weighted by Gasteiger charge is -2.34. The Morgan fingerprint density at radius 3 is 2.24 bits per heavy atom. The summed E-state index contributed by atoms with van der Waals surface area (Å²) in [6, 6.07) is 14.5. The van der Waals surface area contributed by atoms with Crippen LogP contribution in [0, 0.1) is 5.92 Å². The molecule has 2 aromatic carbocycles. The smallest absolute Gasteiger partial charge is 0.230 e. The van der Waals surface area contributed by atoms with Gasteiger partial charge in [0, 0.05) is 23.2 Å². The molecule has 0 atom stereocenters. The summed E-state index contributed by atoms with van der Waals surface area (Å²) >= 11 is 6.37. The number of rotatable bonds is 5. The maximum absolute atomic E-state index is 13.9. The number of anilines is 1. The number of hydrogen-bond acceptors (Lipinski definition) is 1. The van der Waals surface area contributed by atoms with E-state index in [2.05, 4.69) is 65.8 Å². The van der Waals surface area contributed by atoms with Gasteiger partial charge in [0.1, 0.15) is 0 Å². The van der Waals surface area contributed by atoms with Gasteiger partial charge < -0.3 is 4.90 Å². The molecule has 0 unspecified atom stereocenters. The molecule has 33 heavy (non-hydrogen) atoms. The summed E-state index contributed by atoms with van der Waals surface area (Å²) in [6.45, 7) is 13.9. The fourth-order valence-corrected chi connectivity index (χ4v) is 4.83. The molecule has 0 bridgehead atoms. The second kappa shape index (κ2) is 10.5. The average molecular weight is 466 g/mol. The van der Waals surface area contributed by atoms with E-state index in [9.17, 15) is 4.79 Å². The number of carbonyl (C=O) groups is 1. The normalized spacial score (nSPS) is 15.7. The van der Waals surface area contributed by atoms with Crippen LogP contribution in [0.1, 0.15) is 90.3 Å². The van der Waals surface area contributed by atoms with Crippen LogP contribution in [0.5, 0.6) is 0 Å². The third-order valence-electron chi connectivity index (χ3n) is 6.67. The van der Waals surface area contributed by atoms with Gasteiger partial charge in [0.25, 0.3) is 0 Å². The minimum absolute atomic E-state index is 0.0120. The van der Waals surface area contributed by atoms with E-state index in [0.717, 1.165) is 42.0 Å². The van der Waals surface area contributed by atoms with Crippen molar-refractivity contribution in [2.75, 3.05) is 11.4 Å². The van der Waals surface area contributed by atoms with Crippen LogP contribution in [-0.4, -0.2) is 12.5 Å². The summed E-state index contributed by atoms with van der Waals surface area (Å²) in [6.07, 6.45) is 9.64. The number of benzene rings is 2. The second-order valence-corrected chi connectivity index (χ2v) is 11.8. The first-order valence-corrected chi connectivity index (χ1v) is 12.7. The molecule has 0 saturated heterocycles. The Balaban J connectivity index is 2.05. The number of halogens is 1. The fourth-order valence-electron chi connectivity index (χ4n) is 4.63. The standard InChI is InChI=1S/C30H40ClNO/c1-29(2,3)24-18-19-25(30(4,5)6)27(21-24)32(28(33)23-14-8-7-9-15-23)20-12-16-22-13-10-11-17-26(22)31/h10-13,16-19,21,23H,7-9,14-15,20H2,1-6H3/b16-12+. The van der Waals surface area contributed by atoms with Crippen LogP contribution in [-0.2, 0) is 15.6 Å². The third kappa shape index (κ3) is 6.51. The zero-order chi connectivity index (χ0) is 24.2. The van der Waals surface area contributed by atoms with Gasteiger partial charge in [0.05, 0.1) is 0 Å². The second-order valence-electron chi connectivity index (χ2n) is 11.4. The lowest BCUT2D eigenvalue weighted by Crippen LogP contribution is -2.39. The highest BCUT2D eigenvalue weighted by Crippen LogP contribution is 2.38. The molecule has 3 heteroatoms. The van der Waals surface area contributed by atoms with Crippen molar-refractivity contribution in [3.8, 4) is 0 Å². The molecule has 1 aliphatic carbocycles. The van der Waals surface area contributed by atoms with Gasteiger partial charge in [-0.2, -0.15) is 0 Å². The molecule has 0 heterocycles. The van der Waals surface area contributed by atoms with E-state index in [4.69, 9.17) is 11.6 Å². The zero-order valence-corrected chi connectivity index (χ0v) is 22.0. The van der Waals surface area contributed by atoms with Gasteiger partial charge in [0.15, 0.2) is 0 Å². The number of amides is 1. The van der Waals surface area contributed by atoms with Crippen molar-refractivity contribution >= 4 is 29.3 Å². The molecule has 0 N–H and O–H groups in total. The van der Waals surface area contributed by atoms with Gasteiger partial charge >= 0.3 is 0 Å². The first-order chi connectivity index (χ1) is 15.5. The summed E-state index contributed by atoms with van der Waals surface area (Å²) in [5, 5.41) is 0.726.